The minimum absolute atomic E-state index is 0.00262. The van der Waals surface area contributed by atoms with Gasteiger partial charge in [-0.2, -0.15) is 0 Å². The third-order valence-corrected chi connectivity index (χ3v) is 5.57. The van der Waals surface area contributed by atoms with Crippen LogP contribution < -0.4 is 14.4 Å². The molecule has 28 heavy (non-hydrogen) atoms. The summed E-state index contributed by atoms with van der Waals surface area (Å²) in [7, 11) is -3.90. The number of amides is 1. The van der Waals surface area contributed by atoms with E-state index < -0.39 is 22.1 Å². The normalized spacial score (nSPS) is 15.1. The number of alkyl halides is 3. The highest BCUT2D eigenvalue weighted by Gasteiger charge is 2.31. The molecule has 3 rings (SSSR count). The molecular weight excluding hydrogens is 397 g/mol. The summed E-state index contributed by atoms with van der Waals surface area (Å²) in [6.45, 7) is 0.663. The van der Waals surface area contributed by atoms with Crippen LogP contribution in [0.1, 0.15) is 18.4 Å². The van der Waals surface area contributed by atoms with Crippen LogP contribution in [-0.2, 0) is 21.4 Å². The molecule has 0 aromatic heterocycles. The van der Waals surface area contributed by atoms with Crippen molar-refractivity contribution in [3.05, 3.63) is 54.1 Å². The van der Waals surface area contributed by atoms with Crippen LogP contribution in [0.4, 0.5) is 18.9 Å². The fourth-order valence-corrected chi connectivity index (χ4v) is 3.81. The van der Waals surface area contributed by atoms with Crippen molar-refractivity contribution >= 4 is 21.6 Å². The largest absolute Gasteiger partial charge is 0.573 e. The van der Waals surface area contributed by atoms with Crippen LogP contribution in [0.25, 0.3) is 0 Å². The van der Waals surface area contributed by atoms with E-state index in [2.05, 4.69) is 9.46 Å². The van der Waals surface area contributed by atoms with Crippen LogP contribution in [0.5, 0.6) is 5.75 Å². The molecule has 1 fully saturated rings. The lowest BCUT2D eigenvalue weighted by molar-refractivity contribution is -0.274. The molecule has 0 radical (unpaired) electrons. The molecule has 0 unspecified atom stereocenters. The van der Waals surface area contributed by atoms with Crippen molar-refractivity contribution in [2.24, 2.45) is 0 Å². The van der Waals surface area contributed by atoms with E-state index in [4.69, 9.17) is 0 Å². The average molecular weight is 414 g/mol. The summed E-state index contributed by atoms with van der Waals surface area (Å²) >= 11 is 0. The van der Waals surface area contributed by atoms with Crippen LogP contribution in [0, 0.1) is 0 Å². The Morgan fingerprint density at radius 2 is 1.68 bits per heavy atom. The second-order valence-electron chi connectivity index (χ2n) is 6.16. The summed E-state index contributed by atoms with van der Waals surface area (Å²) in [5.74, 6) is -0.440. The number of carbonyl (C=O) groups excluding carboxylic acids is 1. The number of anilines is 1. The number of ether oxygens (including phenoxy) is 1. The van der Waals surface area contributed by atoms with Gasteiger partial charge in [-0.05, 0) is 48.4 Å². The number of carbonyl (C=O) groups is 1. The van der Waals surface area contributed by atoms with E-state index in [-0.39, 0.29) is 17.3 Å². The highest BCUT2D eigenvalue weighted by atomic mass is 32.2. The summed E-state index contributed by atoms with van der Waals surface area (Å²) in [4.78, 5) is 13.2. The number of benzene rings is 2. The average Bonchev–Trinajstić information content (AvgIpc) is 3.06. The van der Waals surface area contributed by atoms with Gasteiger partial charge in [0.15, 0.2) is 0 Å². The van der Waals surface area contributed by atoms with E-state index in [1.165, 1.54) is 0 Å². The zero-order chi connectivity index (χ0) is 20.4. The summed E-state index contributed by atoms with van der Waals surface area (Å²) in [6, 6.07) is 10.9. The predicted octanol–water partition coefficient (Wildman–Crippen LogP) is 3.19. The van der Waals surface area contributed by atoms with Gasteiger partial charge in [-0.15, -0.1) is 13.2 Å². The topological polar surface area (TPSA) is 75.7 Å². The van der Waals surface area contributed by atoms with E-state index in [1.54, 1.807) is 29.2 Å². The Morgan fingerprint density at radius 3 is 2.21 bits per heavy atom. The predicted molar refractivity (Wildman–Crippen MR) is 95.2 cm³/mol. The molecule has 1 heterocycles. The van der Waals surface area contributed by atoms with Crippen molar-refractivity contribution in [1.82, 2.24) is 4.72 Å². The molecule has 10 heteroatoms. The summed E-state index contributed by atoms with van der Waals surface area (Å²) in [6.07, 6.45) is -3.51. The van der Waals surface area contributed by atoms with E-state index in [0.717, 1.165) is 36.4 Å². The van der Waals surface area contributed by atoms with Gasteiger partial charge in [-0.3, -0.25) is 4.79 Å². The highest BCUT2D eigenvalue weighted by Crippen LogP contribution is 2.24. The standard InChI is InChI=1S/C18H17F3N2O4S/c19-18(20,21)27-15-7-9-16(10-8-15)28(25,26)22-12-13-3-5-14(6-4-13)23-11-1-2-17(23)24/h3-10,22H,1-2,11-12H2. The molecule has 2 aromatic carbocycles. The van der Waals surface area contributed by atoms with Crippen molar-refractivity contribution in [3.63, 3.8) is 0 Å². The Balaban J connectivity index is 1.62. The van der Waals surface area contributed by atoms with Crippen LogP contribution >= 0.6 is 0 Å². The van der Waals surface area contributed by atoms with Crippen LogP contribution in [-0.4, -0.2) is 27.2 Å². The number of hydrogen-bond acceptors (Lipinski definition) is 4. The number of halogens is 3. The van der Waals surface area contributed by atoms with Gasteiger partial charge in [0.1, 0.15) is 5.75 Å². The monoisotopic (exact) mass is 414 g/mol. The molecular formula is C18H17F3N2O4S. The summed E-state index contributed by atoms with van der Waals surface area (Å²) in [5, 5.41) is 0. The lowest BCUT2D eigenvalue weighted by atomic mass is 10.2. The Morgan fingerprint density at radius 1 is 1.04 bits per heavy atom. The second-order valence-corrected chi connectivity index (χ2v) is 7.93. The third-order valence-electron chi connectivity index (χ3n) is 4.16. The fourth-order valence-electron chi connectivity index (χ4n) is 2.80. The molecule has 0 spiro atoms. The molecule has 0 atom stereocenters. The van der Waals surface area contributed by atoms with Crippen molar-refractivity contribution in [2.75, 3.05) is 11.4 Å². The second kappa shape index (κ2) is 7.80. The molecule has 0 saturated carbocycles. The van der Waals surface area contributed by atoms with Crippen molar-refractivity contribution in [1.29, 1.82) is 0 Å². The van der Waals surface area contributed by atoms with Gasteiger partial charge >= 0.3 is 6.36 Å². The Labute approximate surface area is 160 Å². The number of rotatable bonds is 6. The maximum absolute atomic E-state index is 12.3. The first kappa shape index (κ1) is 20.2. The summed E-state index contributed by atoms with van der Waals surface area (Å²) in [5.41, 5.74) is 1.44. The van der Waals surface area contributed by atoms with Gasteiger partial charge in [-0.25, -0.2) is 13.1 Å². The molecule has 6 nitrogen and oxygen atoms in total. The highest BCUT2D eigenvalue weighted by molar-refractivity contribution is 7.89. The van der Waals surface area contributed by atoms with Gasteiger partial charge in [0, 0.05) is 25.2 Å². The molecule has 0 bridgehead atoms. The van der Waals surface area contributed by atoms with Crippen molar-refractivity contribution in [3.8, 4) is 5.75 Å². The number of nitrogens with one attached hydrogen (secondary N) is 1. The smallest absolute Gasteiger partial charge is 0.406 e. The lowest BCUT2D eigenvalue weighted by Crippen LogP contribution is -2.24. The molecule has 0 aliphatic carbocycles. The fraction of sp³-hybridized carbons (Fsp3) is 0.278. The molecule has 1 aliphatic rings. The number of nitrogens with zero attached hydrogens (tertiary/aromatic N) is 1. The Kier molecular flexibility index (Phi) is 5.61. The SMILES string of the molecule is O=C1CCCN1c1ccc(CNS(=O)(=O)c2ccc(OC(F)(F)F)cc2)cc1. The Bertz CT molecular complexity index is 942. The molecule has 150 valence electrons. The first-order chi connectivity index (χ1) is 13.1. The van der Waals surface area contributed by atoms with Crippen LogP contribution in [0.3, 0.4) is 0 Å². The maximum Gasteiger partial charge on any atom is 0.573 e. The van der Waals surface area contributed by atoms with E-state index >= 15 is 0 Å². The van der Waals surface area contributed by atoms with Gasteiger partial charge in [0.2, 0.25) is 15.9 Å². The molecule has 2 aromatic rings. The van der Waals surface area contributed by atoms with Crippen molar-refractivity contribution < 1.29 is 31.1 Å². The first-order valence-electron chi connectivity index (χ1n) is 8.39. The zero-order valence-electron chi connectivity index (χ0n) is 14.6. The molecule has 1 saturated heterocycles. The zero-order valence-corrected chi connectivity index (χ0v) is 15.4. The van der Waals surface area contributed by atoms with Crippen LogP contribution in [0.15, 0.2) is 53.4 Å². The third kappa shape index (κ3) is 5.02. The number of hydrogen-bond donors (Lipinski definition) is 1. The van der Waals surface area contributed by atoms with Crippen LogP contribution in [0.2, 0.25) is 0 Å². The van der Waals surface area contributed by atoms with Gasteiger partial charge in [0.25, 0.3) is 0 Å². The molecule has 1 N–H and O–H groups in total. The minimum Gasteiger partial charge on any atom is -0.406 e. The Hall–Kier alpha value is -2.59. The van der Waals surface area contributed by atoms with Gasteiger partial charge in [-0.1, -0.05) is 12.1 Å². The lowest BCUT2D eigenvalue weighted by Gasteiger charge is -2.16. The van der Waals surface area contributed by atoms with E-state index in [0.29, 0.717) is 18.5 Å². The minimum atomic E-state index is -4.84. The van der Waals surface area contributed by atoms with E-state index in [9.17, 15) is 26.4 Å². The maximum atomic E-state index is 12.3. The summed E-state index contributed by atoms with van der Waals surface area (Å²) < 4.78 is 67.2. The van der Waals surface area contributed by atoms with Crippen molar-refractivity contribution in [2.45, 2.75) is 30.6 Å². The van der Waals surface area contributed by atoms with Gasteiger partial charge in [0.05, 0.1) is 4.90 Å². The van der Waals surface area contributed by atoms with Gasteiger partial charge < -0.3 is 9.64 Å². The molecule has 1 aliphatic heterocycles. The quantitative estimate of drug-likeness (QED) is 0.788. The molecule has 1 amide bonds. The number of sulfonamides is 1. The van der Waals surface area contributed by atoms with E-state index in [1.807, 2.05) is 0 Å². The first-order valence-corrected chi connectivity index (χ1v) is 9.87.